The number of hydrogen-bond acceptors (Lipinski definition) is 4. The number of sulfonamides is 1. The number of rotatable bonds is 5. The number of carbonyl (C=O) groups excluding carboxylic acids is 1. The lowest BCUT2D eigenvalue weighted by Gasteiger charge is -2.36. The molecule has 8 heteroatoms. The number of piperidine rings is 1. The van der Waals surface area contributed by atoms with Gasteiger partial charge in [-0.05, 0) is 42.2 Å². The fourth-order valence-corrected chi connectivity index (χ4v) is 6.18. The molecule has 0 saturated carbocycles. The van der Waals surface area contributed by atoms with Crippen molar-refractivity contribution in [3.8, 4) is 0 Å². The maximum Gasteiger partial charge on any atom is 0.410 e. The molecule has 6 nitrogen and oxygen atoms in total. The zero-order valence-corrected chi connectivity index (χ0v) is 19.4. The van der Waals surface area contributed by atoms with Crippen LogP contribution in [0, 0.1) is 13.8 Å². The van der Waals surface area contributed by atoms with Gasteiger partial charge in [-0.3, -0.25) is 4.90 Å². The SMILES string of the molecule is Cc1cc(CS(=O)(=O)N2CCC3(CC2)CN(Cc2ccccc2)C(=O)O3)c(C)cc1Cl. The number of nitrogens with zero attached hydrogens (tertiary/aromatic N) is 2. The summed E-state index contributed by atoms with van der Waals surface area (Å²) < 4.78 is 33.4. The van der Waals surface area contributed by atoms with Crippen molar-refractivity contribution in [3.63, 3.8) is 0 Å². The Morgan fingerprint density at radius 3 is 2.42 bits per heavy atom. The molecular weight excluding hydrogens is 436 g/mol. The Morgan fingerprint density at radius 1 is 1.06 bits per heavy atom. The number of benzene rings is 2. The fraction of sp³-hybridized carbons (Fsp3) is 0.435. The third-order valence-corrected chi connectivity index (χ3v) is 8.47. The highest BCUT2D eigenvalue weighted by molar-refractivity contribution is 7.88. The molecule has 1 spiro atoms. The van der Waals surface area contributed by atoms with Gasteiger partial charge in [-0.25, -0.2) is 17.5 Å². The second-order valence-corrected chi connectivity index (χ2v) is 11.0. The molecule has 0 N–H and O–H groups in total. The summed E-state index contributed by atoms with van der Waals surface area (Å²) in [5, 5.41) is 0.640. The quantitative estimate of drug-likeness (QED) is 0.665. The Morgan fingerprint density at radius 2 is 1.74 bits per heavy atom. The fourth-order valence-electron chi connectivity index (χ4n) is 4.33. The number of aryl methyl sites for hydroxylation is 2. The van der Waals surface area contributed by atoms with Crippen molar-refractivity contribution < 1.29 is 17.9 Å². The molecule has 0 atom stereocenters. The van der Waals surface area contributed by atoms with Crippen LogP contribution in [0.5, 0.6) is 0 Å². The minimum atomic E-state index is -3.47. The normalized spacial score (nSPS) is 19.1. The van der Waals surface area contributed by atoms with Crippen LogP contribution in [0.15, 0.2) is 42.5 Å². The predicted octanol–water partition coefficient (Wildman–Crippen LogP) is 4.27. The Balaban J connectivity index is 1.40. The Hall–Kier alpha value is -2.09. The Bertz CT molecular complexity index is 1080. The summed E-state index contributed by atoms with van der Waals surface area (Å²) in [5.74, 6) is -0.0518. The molecular formula is C23H27ClN2O4S. The van der Waals surface area contributed by atoms with E-state index in [4.69, 9.17) is 16.3 Å². The largest absolute Gasteiger partial charge is 0.441 e. The average molecular weight is 463 g/mol. The van der Waals surface area contributed by atoms with Crippen LogP contribution in [-0.2, 0) is 27.1 Å². The van der Waals surface area contributed by atoms with Crippen LogP contribution in [0.3, 0.4) is 0 Å². The third-order valence-electron chi connectivity index (χ3n) is 6.24. The highest BCUT2D eigenvalue weighted by Crippen LogP contribution is 2.35. The summed E-state index contributed by atoms with van der Waals surface area (Å²) in [6, 6.07) is 13.4. The smallest absolute Gasteiger partial charge is 0.410 e. The number of ether oxygens (including phenoxy) is 1. The number of amides is 1. The first kappa shape index (κ1) is 22.1. The molecule has 0 aromatic heterocycles. The predicted molar refractivity (Wildman–Crippen MR) is 120 cm³/mol. The molecule has 166 valence electrons. The van der Waals surface area contributed by atoms with E-state index >= 15 is 0 Å². The van der Waals surface area contributed by atoms with Gasteiger partial charge in [-0.2, -0.15) is 0 Å². The van der Waals surface area contributed by atoms with Crippen LogP contribution in [0.2, 0.25) is 5.02 Å². The van der Waals surface area contributed by atoms with Gasteiger partial charge in [0.2, 0.25) is 10.0 Å². The van der Waals surface area contributed by atoms with Crippen LogP contribution >= 0.6 is 11.6 Å². The van der Waals surface area contributed by atoms with Crippen molar-refractivity contribution in [3.05, 3.63) is 69.7 Å². The zero-order valence-electron chi connectivity index (χ0n) is 17.8. The summed E-state index contributed by atoms with van der Waals surface area (Å²) >= 11 is 6.14. The summed E-state index contributed by atoms with van der Waals surface area (Å²) in [6.07, 6.45) is 0.677. The molecule has 0 radical (unpaired) electrons. The van der Waals surface area contributed by atoms with E-state index in [1.54, 1.807) is 4.90 Å². The van der Waals surface area contributed by atoms with Gasteiger partial charge in [0, 0.05) is 37.5 Å². The molecule has 0 aliphatic carbocycles. The van der Waals surface area contributed by atoms with Crippen molar-refractivity contribution in [2.45, 2.75) is 44.6 Å². The molecule has 0 unspecified atom stereocenters. The van der Waals surface area contributed by atoms with Gasteiger partial charge in [-0.15, -0.1) is 0 Å². The van der Waals surface area contributed by atoms with Gasteiger partial charge >= 0.3 is 6.09 Å². The van der Waals surface area contributed by atoms with Gasteiger partial charge in [0.1, 0.15) is 5.60 Å². The summed E-state index contributed by atoms with van der Waals surface area (Å²) in [6.45, 7) is 5.43. The standard InChI is InChI=1S/C23H27ClN2O4S/c1-17-13-21(24)18(2)12-20(17)15-31(28,29)26-10-8-23(9-11-26)16-25(22(27)30-23)14-19-6-4-3-5-7-19/h3-7,12-13H,8-11,14-16H2,1-2H3. The molecule has 4 rings (SSSR count). The highest BCUT2D eigenvalue weighted by Gasteiger charge is 2.48. The zero-order chi connectivity index (χ0) is 22.2. The van der Waals surface area contributed by atoms with E-state index in [-0.39, 0.29) is 11.8 Å². The molecule has 2 aliphatic rings. The first-order chi connectivity index (χ1) is 14.7. The molecule has 2 fully saturated rings. The van der Waals surface area contributed by atoms with E-state index in [2.05, 4.69) is 0 Å². The van der Waals surface area contributed by atoms with Gasteiger partial charge in [-0.1, -0.05) is 48.0 Å². The van der Waals surface area contributed by atoms with Crippen LogP contribution in [0.25, 0.3) is 0 Å². The van der Waals surface area contributed by atoms with Crippen molar-refractivity contribution in [2.75, 3.05) is 19.6 Å². The first-order valence-corrected chi connectivity index (χ1v) is 12.4. The summed E-state index contributed by atoms with van der Waals surface area (Å²) in [4.78, 5) is 14.1. The van der Waals surface area contributed by atoms with Crippen molar-refractivity contribution in [2.24, 2.45) is 0 Å². The van der Waals surface area contributed by atoms with Gasteiger partial charge in [0.15, 0.2) is 0 Å². The monoisotopic (exact) mass is 462 g/mol. The minimum absolute atomic E-state index is 0.0518. The second-order valence-electron chi connectivity index (χ2n) is 8.58. The molecule has 2 aromatic carbocycles. The number of halogens is 1. The lowest BCUT2D eigenvalue weighted by Crippen LogP contribution is -2.48. The molecule has 31 heavy (non-hydrogen) atoms. The molecule has 1 amide bonds. The third kappa shape index (κ3) is 4.73. The molecule has 2 heterocycles. The number of carbonyl (C=O) groups is 1. The molecule has 2 saturated heterocycles. The lowest BCUT2D eigenvalue weighted by atomic mass is 9.92. The molecule has 2 aliphatic heterocycles. The Kier molecular flexibility index (Phi) is 6.03. The van der Waals surface area contributed by atoms with E-state index in [1.807, 2.05) is 56.3 Å². The lowest BCUT2D eigenvalue weighted by molar-refractivity contribution is 0.0172. The van der Waals surface area contributed by atoms with Crippen molar-refractivity contribution in [1.82, 2.24) is 9.21 Å². The van der Waals surface area contributed by atoms with Crippen molar-refractivity contribution in [1.29, 1.82) is 0 Å². The van der Waals surface area contributed by atoms with Crippen LogP contribution < -0.4 is 0 Å². The maximum atomic E-state index is 13.1. The van der Waals surface area contributed by atoms with E-state index < -0.39 is 15.6 Å². The summed E-state index contributed by atoms with van der Waals surface area (Å²) in [7, 11) is -3.47. The first-order valence-electron chi connectivity index (χ1n) is 10.4. The van der Waals surface area contributed by atoms with Gasteiger partial charge in [0.05, 0.1) is 12.3 Å². The average Bonchev–Trinajstić information content (AvgIpc) is 3.01. The van der Waals surface area contributed by atoms with E-state index in [0.29, 0.717) is 44.0 Å². The van der Waals surface area contributed by atoms with E-state index in [1.165, 1.54) is 4.31 Å². The van der Waals surface area contributed by atoms with Gasteiger partial charge in [0.25, 0.3) is 0 Å². The Labute approximate surface area is 188 Å². The summed E-state index contributed by atoms with van der Waals surface area (Å²) in [5.41, 5.74) is 2.94. The highest BCUT2D eigenvalue weighted by atomic mass is 35.5. The van der Waals surface area contributed by atoms with Crippen molar-refractivity contribution >= 4 is 27.7 Å². The molecule has 0 bridgehead atoms. The maximum absolute atomic E-state index is 13.1. The van der Waals surface area contributed by atoms with Crippen LogP contribution in [0.1, 0.15) is 35.1 Å². The number of hydrogen-bond donors (Lipinski definition) is 0. The second kappa shape index (κ2) is 8.45. The van der Waals surface area contributed by atoms with E-state index in [0.717, 1.165) is 22.3 Å². The van der Waals surface area contributed by atoms with Crippen LogP contribution in [-0.4, -0.2) is 49.0 Å². The van der Waals surface area contributed by atoms with Gasteiger partial charge < -0.3 is 4.74 Å². The molecule has 2 aromatic rings. The topological polar surface area (TPSA) is 66.9 Å². The van der Waals surface area contributed by atoms with Crippen LogP contribution in [0.4, 0.5) is 4.79 Å². The van der Waals surface area contributed by atoms with E-state index in [9.17, 15) is 13.2 Å². The minimum Gasteiger partial charge on any atom is -0.441 e.